The second-order valence-corrected chi connectivity index (χ2v) is 8.16. The maximum Gasteiger partial charge on any atom is 0.226 e. The van der Waals surface area contributed by atoms with Crippen molar-refractivity contribution in [1.29, 1.82) is 0 Å². The Morgan fingerprint density at radius 2 is 1.73 bits per heavy atom. The fourth-order valence-electron chi connectivity index (χ4n) is 4.18. The molecule has 0 aliphatic carbocycles. The number of carbonyl (C=O) groups excluding carboxylic acids is 1. The number of carbonyl (C=O) groups is 1. The Kier molecular flexibility index (Phi) is 6.00. The van der Waals surface area contributed by atoms with Crippen LogP contribution < -0.4 is 0 Å². The molecule has 1 atom stereocenters. The summed E-state index contributed by atoms with van der Waals surface area (Å²) in [6, 6.07) is 18.7. The number of nitrogens with zero attached hydrogens (tertiary/aromatic N) is 3. The maximum atomic E-state index is 12.0. The van der Waals surface area contributed by atoms with E-state index in [1.807, 2.05) is 36.9 Å². The number of benzene rings is 2. The molecule has 2 aromatic carbocycles. The number of amides is 1. The highest BCUT2D eigenvalue weighted by Crippen LogP contribution is 2.26. The summed E-state index contributed by atoms with van der Waals surface area (Å²) in [7, 11) is 2.08. The predicted molar refractivity (Wildman–Crippen MR) is 119 cm³/mol. The van der Waals surface area contributed by atoms with E-state index in [-0.39, 0.29) is 5.91 Å². The standard InChI is InChI=1S/C25H29N3O2/c1-4-28-16-19(14-24(28)29)15-27(3)17-23-18(2)30-25(26-23)22-12-10-21(11-13-22)20-8-6-5-7-9-20/h5-13,19H,4,14-17H2,1-3H3/t19-/m0/s1. The highest BCUT2D eigenvalue weighted by atomic mass is 16.4. The van der Waals surface area contributed by atoms with E-state index < -0.39 is 0 Å². The van der Waals surface area contributed by atoms with Crippen LogP contribution in [0.3, 0.4) is 0 Å². The Morgan fingerprint density at radius 3 is 2.40 bits per heavy atom. The number of rotatable bonds is 7. The average molecular weight is 404 g/mol. The minimum Gasteiger partial charge on any atom is -0.441 e. The Hall–Kier alpha value is -2.92. The lowest BCUT2D eigenvalue weighted by Crippen LogP contribution is -2.28. The first-order valence-corrected chi connectivity index (χ1v) is 10.6. The monoisotopic (exact) mass is 403 g/mol. The summed E-state index contributed by atoms with van der Waals surface area (Å²) in [5.41, 5.74) is 4.31. The van der Waals surface area contributed by atoms with Crippen LogP contribution in [-0.2, 0) is 11.3 Å². The summed E-state index contributed by atoms with van der Waals surface area (Å²) in [5.74, 6) is 2.17. The normalized spacial score (nSPS) is 16.6. The SMILES string of the molecule is CCN1C[C@H](CN(C)Cc2nc(-c3ccc(-c4ccccc4)cc3)oc2C)CC1=O. The van der Waals surface area contributed by atoms with Gasteiger partial charge in [0.15, 0.2) is 0 Å². The summed E-state index contributed by atoms with van der Waals surface area (Å²) in [6.45, 7) is 7.26. The Balaban J connectivity index is 1.41. The van der Waals surface area contributed by atoms with Gasteiger partial charge in [-0.05, 0) is 50.1 Å². The fraction of sp³-hybridized carbons (Fsp3) is 0.360. The number of aromatic nitrogens is 1. The van der Waals surface area contributed by atoms with E-state index >= 15 is 0 Å². The third kappa shape index (κ3) is 4.46. The van der Waals surface area contributed by atoms with Crippen LogP contribution in [0.2, 0.25) is 0 Å². The minimum absolute atomic E-state index is 0.273. The molecule has 0 unspecified atom stereocenters. The molecule has 0 N–H and O–H groups in total. The lowest BCUT2D eigenvalue weighted by atomic mass is 10.0. The molecule has 156 valence electrons. The van der Waals surface area contributed by atoms with Crippen molar-refractivity contribution in [2.75, 3.05) is 26.7 Å². The molecule has 0 spiro atoms. The molecule has 1 fully saturated rings. The highest BCUT2D eigenvalue weighted by molar-refractivity contribution is 5.78. The van der Waals surface area contributed by atoms with Gasteiger partial charge in [-0.1, -0.05) is 42.5 Å². The smallest absolute Gasteiger partial charge is 0.226 e. The molecule has 1 amide bonds. The highest BCUT2D eigenvalue weighted by Gasteiger charge is 2.29. The van der Waals surface area contributed by atoms with E-state index in [1.54, 1.807) is 0 Å². The van der Waals surface area contributed by atoms with Gasteiger partial charge in [0.2, 0.25) is 11.8 Å². The van der Waals surface area contributed by atoms with Crippen LogP contribution in [-0.4, -0.2) is 47.4 Å². The largest absolute Gasteiger partial charge is 0.441 e. The van der Waals surface area contributed by atoms with E-state index in [0.29, 0.717) is 24.8 Å². The third-order valence-corrected chi connectivity index (χ3v) is 5.80. The minimum atomic E-state index is 0.273. The van der Waals surface area contributed by atoms with Crippen molar-refractivity contribution in [2.45, 2.75) is 26.8 Å². The van der Waals surface area contributed by atoms with E-state index in [4.69, 9.17) is 9.40 Å². The Bertz CT molecular complexity index is 995. The second-order valence-electron chi connectivity index (χ2n) is 8.16. The van der Waals surface area contributed by atoms with Gasteiger partial charge in [0.1, 0.15) is 5.76 Å². The van der Waals surface area contributed by atoms with Crippen LogP contribution >= 0.6 is 0 Å². The number of likely N-dealkylation sites (tertiary alicyclic amines) is 1. The van der Waals surface area contributed by atoms with Gasteiger partial charge >= 0.3 is 0 Å². The fourth-order valence-corrected chi connectivity index (χ4v) is 4.18. The first-order chi connectivity index (χ1) is 14.5. The molecular formula is C25H29N3O2. The van der Waals surface area contributed by atoms with Gasteiger partial charge in [-0.2, -0.15) is 0 Å². The number of aryl methyl sites for hydroxylation is 1. The van der Waals surface area contributed by atoms with Crippen molar-refractivity contribution in [3.8, 4) is 22.6 Å². The predicted octanol–water partition coefficient (Wildman–Crippen LogP) is 4.62. The van der Waals surface area contributed by atoms with Crippen molar-refractivity contribution in [3.63, 3.8) is 0 Å². The number of oxazole rings is 1. The van der Waals surface area contributed by atoms with Gasteiger partial charge in [-0.15, -0.1) is 0 Å². The van der Waals surface area contributed by atoms with Gasteiger partial charge < -0.3 is 14.2 Å². The van der Waals surface area contributed by atoms with Gasteiger partial charge in [0.25, 0.3) is 0 Å². The molecule has 5 heteroatoms. The van der Waals surface area contributed by atoms with Crippen LogP contribution in [0, 0.1) is 12.8 Å². The summed E-state index contributed by atoms with van der Waals surface area (Å²) in [5, 5.41) is 0. The van der Waals surface area contributed by atoms with Gasteiger partial charge in [0, 0.05) is 38.2 Å². The average Bonchev–Trinajstić information content (AvgIpc) is 3.30. The van der Waals surface area contributed by atoms with Gasteiger partial charge in [-0.25, -0.2) is 4.98 Å². The van der Waals surface area contributed by atoms with E-state index in [9.17, 15) is 4.79 Å². The molecule has 1 saturated heterocycles. The van der Waals surface area contributed by atoms with Crippen molar-refractivity contribution in [1.82, 2.24) is 14.8 Å². The van der Waals surface area contributed by atoms with Crippen LogP contribution in [0.25, 0.3) is 22.6 Å². The van der Waals surface area contributed by atoms with E-state index in [0.717, 1.165) is 36.7 Å². The van der Waals surface area contributed by atoms with Crippen LogP contribution in [0.5, 0.6) is 0 Å². The zero-order valence-corrected chi connectivity index (χ0v) is 18.0. The van der Waals surface area contributed by atoms with Crippen molar-refractivity contribution in [2.24, 2.45) is 5.92 Å². The third-order valence-electron chi connectivity index (χ3n) is 5.80. The number of hydrogen-bond acceptors (Lipinski definition) is 4. The van der Waals surface area contributed by atoms with E-state index in [2.05, 4.69) is 48.3 Å². The van der Waals surface area contributed by atoms with Gasteiger partial charge in [-0.3, -0.25) is 4.79 Å². The first-order valence-electron chi connectivity index (χ1n) is 10.6. The summed E-state index contributed by atoms with van der Waals surface area (Å²) < 4.78 is 5.97. The van der Waals surface area contributed by atoms with E-state index in [1.165, 1.54) is 11.1 Å². The summed E-state index contributed by atoms with van der Waals surface area (Å²) in [4.78, 5) is 20.9. The lowest BCUT2D eigenvalue weighted by molar-refractivity contribution is -0.127. The molecule has 1 aromatic heterocycles. The van der Waals surface area contributed by atoms with Crippen molar-refractivity contribution in [3.05, 3.63) is 66.1 Å². The molecule has 4 rings (SSSR count). The van der Waals surface area contributed by atoms with Crippen LogP contribution in [0.4, 0.5) is 0 Å². The molecule has 0 saturated carbocycles. The zero-order valence-electron chi connectivity index (χ0n) is 18.0. The zero-order chi connectivity index (χ0) is 21.1. The Morgan fingerprint density at radius 1 is 1.07 bits per heavy atom. The van der Waals surface area contributed by atoms with Gasteiger partial charge in [0.05, 0.1) is 5.69 Å². The van der Waals surface area contributed by atoms with Crippen LogP contribution in [0.1, 0.15) is 24.8 Å². The molecule has 1 aliphatic rings. The quantitative estimate of drug-likeness (QED) is 0.578. The first kappa shape index (κ1) is 20.4. The van der Waals surface area contributed by atoms with Crippen LogP contribution in [0.15, 0.2) is 59.0 Å². The molecule has 1 aliphatic heterocycles. The maximum absolute atomic E-state index is 12.0. The van der Waals surface area contributed by atoms with Crippen molar-refractivity contribution >= 4 is 5.91 Å². The molecule has 5 nitrogen and oxygen atoms in total. The van der Waals surface area contributed by atoms with Crippen molar-refractivity contribution < 1.29 is 9.21 Å². The molecule has 0 radical (unpaired) electrons. The molecule has 30 heavy (non-hydrogen) atoms. The summed E-state index contributed by atoms with van der Waals surface area (Å²) >= 11 is 0. The molecule has 3 aromatic rings. The molecular weight excluding hydrogens is 374 g/mol. The molecule has 2 heterocycles. The topological polar surface area (TPSA) is 49.6 Å². The lowest BCUT2D eigenvalue weighted by Gasteiger charge is -2.20. The number of hydrogen-bond donors (Lipinski definition) is 0. The Labute approximate surface area is 178 Å². The summed E-state index contributed by atoms with van der Waals surface area (Å²) in [6.07, 6.45) is 0.648. The molecule has 0 bridgehead atoms. The second kappa shape index (κ2) is 8.84.